The molecule has 84 valence electrons. The summed E-state index contributed by atoms with van der Waals surface area (Å²) in [6, 6.07) is 7.58. The highest BCUT2D eigenvalue weighted by Crippen LogP contribution is 2.20. The average molecular weight is 226 g/mol. The van der Waals surface area contributed by atoms with Crippen LogP contribution in [0.4, 0.5) is 0 Å². The topological polar surface area (TPSA) is 74.4 Å². The minimum atomic E-state index is -0.344. The Labute approximate surface area is 96.6 Å². The first kappa shape index (κ1) is 9.77. The maximum absolute atomic E-state index is 11.1. The summed E-state index contributed by atoms with van der Waals surface area (Å²) >= 11 is 0. The number of fused-ring (bicyclic) bond motifs is 1. The number of aryl methyl sites for hydroxylation is 1. The van der Waals surface area contributed by atoms with Gasteiger partial charge in [-0.05, 0) is 25.1 Å². The number of nitrogens with one attached hydrogen (secondary N) is 2. The van der Waals surface area contributed by atoms with Gasteiger partial charge in [0.15, 0.2) is 0 Å². The van der Waals surface area contributed by atoms with Crippen molar-refractivity contribution in [3.8, 4) is 11.3 Å². The molecule has 0 unspecified atom stereocenters. The van der Waals surface area contributed by atoms with Gasteiger partial charge >= 0.3 is 5.69 Å². The monoisotopic (exact) mass is 226 g/mol. The van der Waals surface area contributed by atoms with Crippen LogP contribution in [0.25, 0.3) is 22.3 Å². The highest BCUT2D eigenvalue weighted by Gasteiger charge is 2.03. The molecule has 0 aliphatic rings. The summed E-state index contributed by atoms with van der Waals surface area (Å²) in [5, 5.41) is 0. The molecular weight excluding hydrogens is 216 g/mol. The fraction of sp³-hybridized carbons (Fsp3) is 0.0833. The molecule has 17 heavy (non-hydrogen) atoms. The zero-order chi connectivity index (χ0) is 11.8. The van der Waals surface area contributed by atoms with Crippen molar-refractivity contribution in [2.75, 3.05) is 0 Å². The molecular formula is C12H10N4O. The van der Waals surface area contributed by atoms with E-state index in [4.69, 9.17) is 0 Å². The van der Waals surface area contributed by atoms with Crippen molar-refractivity contribution in [3.05, 3.63) is 46.8 Å². The summed E-state index contributed by atoms with van der Waals surface area (Å²) in [6.07, 6.45) is 1.50. The molecule has 2 heterocycles. The minimum Gasteiger partial charge on any atom is -0.342 e. The molecule has 0 radical (unpaired) electrons. The Bertz CT molecular complexity index is 741. The van der Waals surface area contributed by atoms with E-state index in [0.29, 0.717) is 0 Å². The van der Waals surface area contributed by atoms with Gasteiger partial charge in [-0.25, -0.2) is 14.8 Å². The first-order chi connectivity index (χ1) is 8.22. The molecule has 0 bridgehead atoms. The van der Waals surface area contributed by atoms with Crippen molar-refractivity contribution in [3.63, 3.8) is 0 Å². The van der Waals surface area contributed by atoms with Crippen LogP contribution in [-0.4, -0.2) is 19.9 Å². The second-order valence-electron chi connectivity index (χ2n) is 3.84. The highest BCUT2D eigenvalue weighted by atomic mass is 16.1. The minimum absolute atomic E-state index is 0.344. The normalized spacial score (nSPS) is 10.9. The molecule has 0 aliphatic carbocycles. The molecule has 0 aliphatic heterocycles. The van der Waals surface area contributed by atoms with E-state index in [0.717, 1.165) is 28.1 Å². The Morgan fingerprint density at radius 3 is 2.88 bits per heavy atom. The lowest BCUT2D eigenvalue weighted by Gasteiger charge is -2.00. The fourth-order valence-corrected chi connectivity index (χ4v) is 1.84. The standard InChI is InChI=1S/C12H10N4O/c1-7-14-10-3-2-8(6-11(10)15-7)9-4-5-13-12(17)16-9/h2-6H,1H3,(H,14,15)(H,13,16,17). The van der Waals surface area contributed by atoms with Gasteiger partial charge in [0.2, 0.25) is 0 Å². The number of nitrogens with zero attached hydrogens (tertiary/aromatic N) is 2. The molecule has 5 nitrogen and oxygen atoms in total. The average Bonchev–Trinajstić information content (AvgIpc) is 2.68. The first-order valence-corrected chi connectivity index (χ1v) is 5.24. The number of aromatic amines is 2. The number of aromatic nitrogens is 4. The maximum Gasteiger partial charge on any atom is 0.345 e. The van der Waals surface area contributed by atoms with E-state index in [1.807, 2.05) is 25.1 Å². The van der Waals surface area contributed by atoms with E-state index in [-0.39, 0.29) is 5.69 Å². The smallest absolute Gasteiger partial charge is 0.342 e. The summed E-state index contributed by atoms with van der Waals surface area (Å²) in [7, 11) is 0. The van der Waals surface area contributed by atoms with E-state index in [1.165, 1.54) is 6.20 Å². The second-order valence-corrected chi connectivity index (χ2v) is 3.84. The van der Waals surface area contributed by atoms with Gasteiger partial charge in [0, 0.05) is 11.8 Å². The van der Waals surface area contributed by atoms with Crippen LogP contribution in [0.5, 0.6) is 0 Å². The van der Waals surface area contributed by atoms with Crippen LogP contribution in [0.15, 0.2) is 35.3 Å². The van der Waals surface area contributed by atoms with Gasteiger partial charge < -0.3 is 9.97 Å². The summed E-state index contributed by atoms with van der Waals surface area (Å²) < 4.78 is 0. The van der Waals surface area contributed by atoms with Gasteiger partial charge in [0.25, 0.3) is 0 Å². The maximum atomic E-state index is 11.1. The number of hydrogen-bond donors (Lipinski definition) is 2. The zero-order valence-electron chi connectivity index (χ0n) is 9.19. The van der Waals surface area contributed by atoms with E-state index in [1.54, 1.807) is 6.07 Å². The number of imidazole rings is 1. The van der Waals surface area contributed by atoms with Gasteiger partial charge in [-0.15, -0.1) is 0 Å². The SMILES string of the molecule is Cc1nc2ccc(-c3ccnc(=O)[nH]3)cc2[nH]1. The molecule has 3 aromatic rings. The lowest BCUT2D eigenvalue weighted by atomic mass is 10.1. The summed E-state index contributed by atoms with van der Waals surface area (Å²) in [5.74, 6) is 0.875. The predicted octanol–water partition coefficient (Wildman–Crippen LogP) is 1.62. The van der Waals surface area contributed by atoms with Gasteiger partial charge in [-0.2, -0.15) is 0 Å². The first-order valence-electron chi connectivity index (χ1n) is 5.24. The Kier molecular flexibility index (Phi) is 2.04. The summed E-state index contributed by atoms with van der Waals surface area (Å²) in [6.45, 7) is 1.91. The Hall–Kier alpha value is -2.43. The zero-order valence-corrected chi connectivity index (χ0v) is 9.19. The lowest BCUT2D eigenvalue weighted by molar-refractivity contribution is 1.08. The number of benzene rings is 1. The molecule has 2 aromatic heterocycles. The van der Waals surface area contributed by atoms with Crippen LogP contribution in [-0.2, 0) is 0 Å². The van der Waals surface area contributed by atoms with Crippen molar-refractivity contribution >= 4 is 11.0 Å². The quantitative estimate of drug-likeness (QED) is 0.662. The number of rotatable bonds is 1. The predicted molar refractivity (Wildman–Crippen MR) is 64.7 cm³/mol. The van der Waals surface area contributed by atoms with Crippen molar-refractivity contribution < 1.29 is 0 Å². The van der Waals surface area contributed by atoms with Crippen molar-refractivity contribution in [2.45, 2.75) is 6.92 Å². The van der Waals surface area contributed by atoms with Crippen LogP contribution in [0.1, 0.15) is 5.82 Å². The van der Waals surface area contributed by atoms with E-state index >= 15 is 0 Å². The molecule has 3 rings (SSSR count). The van der Waals surface area contributed by atoms with Crippen molar-refractivity contribution in [2.24, 2.45) is 0 Å². The van der Waals surface area contributed by atoms with Gasteiger partial charge in [0.05, 0.1) is 16.7 Å². The Balaban J connectivity index is 2.20. The van der Waals surface area contributed by atoms with Crippen LogP contribution in [0.3, 0.4) is 0 Å². The van der Waals surface area contributed by atoms with E-state index in [9.17, 15) is 4.79 Å². The van der Waals surface area contributed by atoms with Crippen LogP contribution >= 0.6 is 0 Å². The van der Waals surface area contributed by atoms with Crippen LogP contribution in [0.2, 0.25) is 0 Å². The summed E-state index contributed by atoms with van der Waals surface area (Å²) in [5.41, 5.74) is 3.21. The van der Waals surface area contributed by atoms with Crippen molar-refractivity contribution in [1.82, 2.24) is 19.9 Å². The largest absolute Gasteiger partial charge is 0.345 e. The van der Waals surface area contributed by atoms with Gasteiger partial charge in [-0.3, -0.25) is 0 Å². The van der Waals surface area contributed by atoms with Gasteiger partial charge in [-0.1, -0.05) is 6.07 Å². The van der Waals surface area contributed by atoms with Crippen LogP contribution in [0, 0.1) is 6.92 Å². The second kappa shape index (κ2) is 3.55. The third kappa shape index (κ3) is 1.71. The molecule has 0 spiro atoms. The molecule has 0 saturated heterocycles. The van der Waals surface area contributed by atoms with Crippen LogP contribution < -0.4 is 5.69 Å². The third-order valence-corrected chi connectivity index (χ3v) is 2.59. The number of hydrogen-bond acceptors (Lipinski definition) is 3. The fourth-order valence-electron chi connectivity index (χ4n) is 1.84. The molecule has 0 atom stereocenters. The molecule has 0 amide bonds. The van der Waals surface area contributed by atoms with E-state index in [2.05, 4.69) is 19.9 Å². The molecule has 0 fully saturated rings. The lowest BCUT2D eigenvalue weighted by Crippen LogP contribution is -2.09. The third-order valence-electron chi connectivity index (χ3n) is 2.59. The molecule has 1 aromatic carbocycles. The summed E-state index contributed by atoms with van der Waals surface area (Å²) in [4.78, 5) is 24.9. The molecule has 0 saturated carbocycles. The molecule has 2 N–H and O–H groups in total. The highest BCUT2D eigenvalue weighted by molar-refractivity contribution is 5.81. The Morgan fingerprint density at radius 1 is 1.18 bits per heavy atom. The Morgan fingerprint density at radius 2 is 2.06 bits per heavy atom. The number of H-pyrrole nitrogens is 2. The van der Waals surface area contributed by atoms with Crippen molar-refractivity contribution in [1.29, 1.82) is 0 Å². The van der Waals surface area contributed by atoms with E-state index < -0.39 is 0 Å². The van der Waals surface area contributed by atoms with Gasteiger partial charge in [0.1, 0.15) is 5.82 Å². The molecule has 5 heteroatoms.